The van der Waals surface area contributed by atoms with Gasteiger partial charge in [-0.15, -0.1) is 0 Å². The molecule has 0 N–H and O–H groups in total. The van der Waals surface area contributed by atoms with Crippen LogP contribution >= 0.6 is 0 Å². The molecule has 0 spiro atoms. The van der Waals surface area contributed by atoms with Crippen molar-refractivity contribution in [1.29, 1.82) is 0 Å². The smallest absolute Gasteiger partial charge is 0.00413 e. The molecule has 0 aromatic heterocycles. The van der Waals surface area contributed by atoms with E-state index in [2.05, 4.69) is 55.4 Å². The van der Waals surface area contributed by atoms with Crippen LogP contribution < -0.4 is 0 Å². The van der Waals surface area contributed by atoms with E-state index >= 15 is 0 Å². The molecule has 0 atom stereocenters. The monoisotopic (exact) mass is 765 g/mol. The number of rotatable bonds is 41. The molecule has 0 aliphatic rings. The van der Waals surface area contributed by atoms with Gasteiger partial charge in [0, 0.05) is 0 Å². The third kappa shape index (κ3) is 21.7. The average molecular weight is 765 g/mol. The second-order valence-electron chi connectivity index (χ2n) is 18.5. The zero-order chi connectivity index (χ0) is 40.2. The summed E-state index contributed by atoms with van der Waals surface area (Å²) in [6.07, 6.45) is 55.9. The second kappa shape index (κ2) is 36.3. The van der Waals surface area contributed by atoms with E-state index in [0.29, 0.717) is 5.41 Å². The van der Waals surface area contributed by atoms with Gasteiger partial charge in [-0.1, -0.05) is 229 Å². The maximum atomic E-state index is 2.42. The molecule has 0 heterocycles. The van der Waals surface area contributed by atoms with Crippen LogP contribution in [0.5, 0.6) is 0 Å². The van der Waals surface area contributed by atoms with Crippen molar-refractivity contribution >= 4 is 0 Å². The van der Waals surface area contributed by atoms with E-state index in [1.165, 1.54) is 257 Å². The van der Waals surface area contributed by atoms with Gasteiger partial charge in [0.15, 0.2) is 0 Å². The van der Waals surface area contributed by atoms with Crippen molar-refractivity contribution in [1.82, 2.24) is 0 Å². The van der Waals surface area contributed by atoms with Crippen LogP contribution in [0.1, 0.15) is 313 Å². The van der Waals surface area contributed by atoms with E-state index in [9.17, 15) is 0 Å². The standard InChI is InChI=1S/C55H104/c1-9-17-25-33-41-49-50(42-34-26-18-10-2)52(44-36-28-20-12-4)54(53(45-37-29-21-13-5)51(49)43-35-27-19-11-3)55(46-38-30-22-14-6,47-39-31-23-15-7)48-40-32-24-16-8/h9-48H2,1-8H3. The van der Waals surface area contributed by atoms with Crippen LogP contribution in [0.4, 0.5) is 0 Å². The van der Waals surface area contributed by atoms with Gasteiger partial charge in [0.1, 0.15) is 0 Å². The van der Waals surface area contributed by atoms with Crippen molar-refractivity contribution < 1.29 is 0 Å². The Morgan fingerprint density at radius 3 is 0.655 bits per heavy atom. The Labute approximate surface area is 349 Å². The van der Waals surface area contributed by atoms with E-state index in [1.54, 1.807) is 0 Å². The van der Waals surface area contributed by atoms with Gasteiger partial charge in [0.2, 0.25) is 0 Å². The van der Waals surface area contributed by atoms with Gasteiger partial charge in [-0.25, -0.2) is 0 Å². The maximum absolute atomic E-state index is 2.42. The third-order valence-electron chi connectivity index (χ3n) is 13.5. The molecule has 324 valence electrons. The summed E-state index contributed by atoms with van der Waals surface area (Å²) in [6, 6.07) is 0. The number of hydrogen-bond acceptors (Lipinski definition) is 0. The molecule has 0 bridgehead atoms. The molecule has 1 rings (SSSR count). The van der Waals surface area contributed by atoms with Gasteiger partial charge in [0.25, 0.3) is 0 Å². The third-order valence-corrected chi connectivity index (χ3v) is 13.5. The summed E-state index contributed by atoms with van der Waals surface area (Å²) < 4.78 is 0. The predicted molar refractivity (Wildman–Crippen MR) is 254 cm³/mol. The van der Waals surface area contributed by atoms with Crippen molar-refractivity contribution in [2.75, 3.05) is 0 Å². The number of hydrogen-bond donors (Lipinski definition) is 0. The Morgan fingerprint density at radius 2 is 0.418 bits per heavy atom. The number of unbranched alkanes of at least 4 members (excludes halogenated alkanes) is 24. The number of benzene rings is 1. The molecule has 0 unspecified atom stereocenters. The minimum absolute atomic E-state index is 0.368. The van der Waals surface area contributed by atoms with Gasteiger partial charge < -0.3 is 0 Å². The minimum Gasteiger partial charge on any atom is -0.0654 e. The lowest BCUT2D eigenvalue weighted by Gasteiger charge is -2.42. The summed E-state index contributed by atoms with van der Waals surface area (Å²) in [5, 5.41) is 0. The summed E-state index contributed by atoms with van der Waals surface area (Å²) in [5.41, 5.74) is 12.1. The first-order valence-electron chi connectivity index (χ1n) is 26.2. The normalized spacial score (nSPS) is 12.0. The van der Waals surface area contributed by atoms with Gasteiger partial charge >= 0.3 is 0 Å². The molecular weight excluding hydrogens is 661 g/mol. The summed E-state index contributed by atoms with van der Waals surface area (Å²) in [4.78, 5) is 0. The van der Waals surface area contributed by atoms with Gasteiger partial charge in [-0.05, 0) is 122 Å². The van der Waals surface area contributed by atoms with E-state index in [4.69, 9.17) is 0 Å². The molecule has 0 radical (unpaired) electrons. The first-order valence-corrected chi connectivity index (χ1v) is 26.2. The van der Waals surface area contributed by atoms with Crippen molar-refractivity contribution in [3.8, 4) is 0 Å². The first kappa shape index (κ1) is 52.2. The summed E-state index contributed by atoms with van der Waals surface area (Å²) in [5.74, 6) is 0. The van der Waals surface area contributed by atoms with Crippen molar-refractivity contribution in [2.24, 2.45) is 0 Å². The summed E-state index contributed by atoms with van der Waals surface area (Å²) in [6.45, 7) is 19.3. The molecule has 0 heteroatoms. The summed E-state index contributed by atoms with van der Waals surface area (Å²) in [7, 11) is 0. The fraction of sp³-hybridized carbons (Fsp3) is 0.891. The molecule has 0 saturated heterocycles. The second-order valence-corrected chi connectivity index (χ2v) is 18.5. The molecule has 0 fully saturated rings. The van der Waals surface area contributed by atoms with E-state index in [-0.39, 0.29) is 0 Å². The van der Waals surface area contributed by atoms with Crippen LogP contribution in [0.15, 0.2) is 0 Å². The quantitative estimate of drug-likeness (QED) is 0.0583. The molecule has 0 nitrogen and oxygen atoms in total. The zero-order valence-electron chi connectivity index (χ0n) is 39.8. The highest BCUT2D eigenvalue weighted by Gasteiger charge is 2.37. The van der Waals surface area contributed by atoms with Crippen LogP contribution in [-0.2, 0) is 37.5 Å². The molecule has 0 amide bonds. The van der Waals surface area contributed by atoms with Gasteiger partial charge in [-0.3, -0.25) is 0 Å². The SMILES string of the molecule is CCCCCCc1c(CCCCCC)c(CCCCCC)c(C(CCCCCC)(CCCCCC)CCCCCC)c(CCCCCC)c1CCCCCC. The largest absolute Gasteiger partial charge is 0.0654 e. The Kier molecular flexibility index (Phi) is 34.5. The van der Waals surface area contributed by atoms with E-state index < -0.39 is 0 Å². The Bertz CT molecular complexity index is 902. The highest BCUT2D eigenvalue weighted by molar-refractivity contribution is 5.56. The van der Waals surface area contributed by atoms with Crippen molar-refractivity contribution in [3.05, 3.63) is 33.4 Å². The van der Waals surface area contributed by atoms with Crippen LogP contribution in [0.3, 0.4) is 0 Å². The fourth-order valence-electron chi connectivity index (χ4n) is 10.2. The summed E-state index contributed by atoms with van der Waals surface area (Å²) >= 11 is 0. The van der Waals surface area contributed by atoms with Crippen LogP contribution in [0.2, 0.25) is 0 Å². The highest BCUT2D eigenvalue weighted by atomic mass is 14.4. The van der Waals surface area contributed by atoms with E-state index in [0.717, 1.165) is 0 Å². The molecule has 0 aliphatic heterocycles. The lowest BCUT2D eigenvalue weighted by Crippen LogP contribution is -2.32. The fourth-order valence-corrected chi connectivity index (χ4v) is 10.2. The molecule has 0 saturated carbocycles. The van der Waals surface area contributed by atoms with Crippen molar-refractivity contribution in [2.45, 2.75) is 318 Å². The van der Waals surface area contributed by atoms with Gasteiger partial charge in [0.05, 0.1) is 0 Å². The Balaban J connectivity index is 4.42. The Hall–Kier alpha value is -0.780. The highest BCUT2D eigenvalue weighted by Crippen LogP contribution is 2.48. The average Bonchev–Trinajstić information content (AvgIpc) is 3.19. The maximum Gasteiger partial charge on any atom is -0.00413 e. The molecular formula is C55H104. The molecule has 1 aromatic rings. The van der Waals surface area contributed by atoms with Crippen LogP contribution in [-0.4, -0.2) is 0 Å². The van der Waals surface area contributed by atoms with Crippen LogP contribution in [0.25, 0.3) is 0 Å². The first-order chi connectivity index (χ1) is 27.0. The minimum atomic E-state index is 0.368. The lowest BCUT2D eigenvalue weighted by molar-refractivity contribution is 0.295. The predicted octanol–water partition coefficient (Wildman–Crippen LogP) is 19.4. The van der Waals surface area contributed by atoms with E-state index in [1.807, 2.05) is 33.4 Å². The lowest BCUT2D eigenvalue weighted by atomic mass is 9.63. The zero-order valence-corrected chi connectivity index (χ0v) is 39.8. The van der Waals surface area contributed by atoms with Crippen molar-refractivity contribution in [3.63, 3.8) is 0 Å². The molecule has 0 aliphatic carbocycles. The van der Waals surface area contributed by atoms with Gasteiger partial charge in [-0.2, -0.15) is 0 Å². The topological polar surface area (TPSA) is 0 Å². The Morgan fingerprint density at radius 1 is 0.218 bits per heavy atom. The molecule has 55 heavy (non-hydrogen) atoms. The molecule has 1 aromatic carbocycles. The van der Waals surface area contributed by atoms with Crippen LogP contribution in [0, 0.1) is 0 Å².